The van der Waals surface area contributed by atoms with Gasteiger partial charge in [-0.25, -0.2) is 0 Å². The zero-order valence-electron chi connectivity index (χ0n) is 11.5. The summed E-state index contributed by atoms with van der Waals surface area (Å²) in [4.78, 5) is 25.1. The van der Waals surface area contributed by atoms with Crippen LogP contribution in [0.4, 0.5) is 0 Å². The summed E-state index contributed by atoms with van der Waals surface area (Å²) < 4.78 is 0. The molecule has 1 saturated heterocycles. The van der Waals surface area contributed by atoms with E-state index < -0.39 is 0 Å². The van der Waals surface area contributed by atoms with Gasteiger partial charge in [0.25, 0.3) is 0 Å². The lowest BCUT2D eigenvalue weighted by Gasteiger charge is -2.29. The first kappa shape index (κ1) is 15.0. The van der Waals surface area contributed by atoms with Crippen LogP contribution >= 0.6 is 0 Å². The highest BCUT2D eigenvalue weighted by atomic mass is 16.2. The SMILES string of the molecule is CCCNC(=O)CNC(=O)CN1CCC(C)CC1. The molecule has 0 bridgehead atoms. The maximum Gasteiger partial charge on any atom is 0.239 e. The molecule has 1 aliphatic rings. The number of piperidine rings is 1. The molecule has 5 heteroatoms. The van der Waals surface area contributed by atoms with E-state index in [-0.39, 0.29) is 18.4 Å². The van der Waals surface area contributed by atoms with Crippen LogP contribution in [0.2, 0.25) is 0 Å². The first-order valence-electron chi connectivity index (χ1n) is 6.87. The summed E-state index contributed by atoms with van der Waals surface area (Å²) in [6.07, 6.45) is 3.22. The van der Waals surface area contributed by atoms with Gasteiger partial charge in [0.1, 0.15) is 0 Å². The molecular formula is C13H25N3O2. The van der Waals surface area contributed by atoms with Gasteiger partial charge in [-0.3, -0.25) is 14.5 Å². The fourth-order valence-corrected chi connectivity index (χ4v) is 1.98. The summed E-state index contributed by atoms with van der Waals surface area (Å²) in [6, 6.07) is 0. The molecule has 1 heterocycles. The van der Waals surface area contributed by atoms with Crippen LogP contribution in [0.5, 0.6) is 0 Å². The smallest absolute Gasteiger partial charge is 0.239 e. The number of hydrogen-bond donors (Lipinski definition) is 2. The Balaban J connectivity index is 2.11. The summed E-state index contributed by atoms with van der Waals surface area (Å²) in [5.74, 6) is 0.595. The van der Waals surface area contributed by atoms with Crippen molar-refractivity contribution >= 4 is 11.8 Å². The Kier molecular flexibility index (Phi) is 6.72. The highest BCUT2D eigenvalue weighted by Gasteiger charge is 2.17. The maximum absolute atomic E-state index is 11.6. The quantitative estimate of drug-likeness (QED) is 0.720. The molecule has 0 atom stereocenters. The van der Waals surface area contributed by atoms with E-state index in [9.17, 15) is 9.59 Å². The van der Waals surface area contributed by atoms with E-state index in [1.54, 1.807) is 0 Å². The van der Waals surface area contributed by atoms with Crippen molar-refractivity contribution in [3.8, 4) is 0 Å². The Morgan fingerprint density at radius 1 is 1.17 bits per heavy atom. The zero-order chi connectivity index (χ0) is 13.4. The van der Waals surface area contributed by atoms with E-state index in [1.807, 2.05) is 6.92 Å². The molecule has 2 amide bonds. The Bertz CT molecular complexity index is 273. The summed E-state index contributed by atoms with van der Waals surface area (Å²) in [7, 11) is 0. The van der Waals surface area contributed by atoms with Gasteiger partial charge in [-0.1, -0.05) is 13.8 Å². The third-order valence-corrected chi connectivity index (χ3v) is 3.26. The third kappa shape index (κ3) is 6.00. The van der Waals surface area contributed by atoms with Crippen LogP contribution in [0.25, 0.3) is 0 Å². The number of rotatable bonds is 6. The van der Waals surface area contributed by atoms with Crippen molar-refractivity contribution in [2.45, 2.75) is 33.1 Å². The van der Waals surface area contributed by atoms with Crippen molar-refractivity contribution < 1.29 is 9.59 Å². The van der Waals surface area contributed by atoms with Gasteiger partial charge in [0.15, 0.2) is 0 Å². The van der Waals surface area contributed by atoms with E-state index in [4.69, 9.17) is 0 Å². The lowest BCUT2D eigenvalue weighted by Crippen LogP contribution is -2.44. The molecule has 1 rings (SSSR count). The van der Waals surface area contributed by atoms with Gasteiger partial charge in [-0.05, 0) is 38.3 Å². The maximum atomic E-state index is 11.6. The molecule has 0 aliphatic carbocycles. The molecule has 5 nitrogen and oxygen atoms in total. The van der Waals surface area contributed by atoms with Crippen molar-refractivity contribution in [3.05, 3.63) is 0 Å². The molecule has 0 spiro atoms. The Labute approximate surface area is 109 Å². The second-order valence-corrected chi connectivity index (χ2v) is 5.09. The molecule has 0 aromatic rings. The molecule has 0 radical (unpaired) electrons. The second-order valence-electron chi connectivity index (χ2n) is 5.09. The van der Waals surface area contributed by atoms with E-state index in [1.165, 1.54) is 0 Å². The summed E-state index contributed by atoms with van der Waals surface area (Å²) in [5, 5.41) is 5.39. The minimum Gasteiger partial charge on any atom is -0.355 e. The minimum absolute atomic E-state index is 0.0591. The molecule has 2 N–H and O–H groups in total. The van der Waals surface area contributed by atoms with Crippen LogP contribution in [-0.4, -0.2) is 49.4 Å². The zero-order valence-corrected chi connectivity index (χ0v) is 11.5. The van der Waals surface area contributed by atoms with Gasteiger partial charge in [0, 0.05) is 6.54 Å². The number of carbonyl (C=O) groups is 2. The van der Waals surface area contributed by atoms with Crippen molar-refractivity contribution in [1.82, 2.24) is 15.5 Å². The highest BCUT2D eigenvalue weighted by Crippen LogP contribution is 2.15. The predicted molar refractivity (Wildman–Crippen MR) is 71.1 cm³/mol. The fourth-order valence-electron chi connectivity index (χ4n) is 1.98. The van der Waals surface area contributed by atoms with Gasteiger partial charge < -0.3 is 10.6 Å². The van der Waals surface area contributed by atoms with Gasteiger partial charge in [-0.15, -0.1) is 0 Å². The normalized spacial score (nSPS) is 17.4. The molecule has 18 heavy (non-hydrogen) atoms. The van der Waals surface area contributed by atoms with Crippen LogP contribution in [0, 0.1) is 5.92 Å². The van der Waals surface area contributed by atoms with Crippen molar-refractivity contribution in [1.29, 1.82) is 0 Å². The number of hydrogen-bond acceptors (Lipinski definition) is 3. The lowest BCUT2D eigenvalue weighted by atomic mass is 9.99. The average molecular weight is 255 g/mol. The van der Waals surface area contributed by atoms with Crippen LogP contribution in [0.1, 0.15) is 33.1 Å². The number of likely N-dealkylation sites (tertiary alicyclic amines) is 1. The topological polar surface area (TPSA) is 61.4 Å². The largest absolute Gasteiger partial charge is 0.355 e. The lowest BCUT2D eigenvalue weighted by molar-refractivity contribution is -0.126. The third-order valence-electron chi connectivity index (χ3n) is 3.26. The molecule has 0 aromatic heterocycles. The molecular weight excluding hydrogens is 230 g/mol. The van der Waals surface area contributed by atoms with Crippen LogP contribution < -0.4 is 10.6 Å². The van der Waals surface area contributed by atoms with E-state index in [0.29, 0.717) is 13.1 Å². The molecule has 1 fully saturated rings. The standard InChI is InChI=1S/C13H25N3O2/c1-3-6-14-12(17)9-15-13(18)10-16-7-4-11(2)5-8-16/h11H,3-10H2,1-2H3,(H,14,17)(H,15,18). The van der Waals surface area contributed by atoms with E-state index in [2.05, 4.69) is 22.5 Å². The molecule has 0 aromatic carbocycles. The molecule has 0 unspecified atom stereocenters. The first-order chi connectivity index (χ1) is 8.61. The number of nitrogens with zero attached hydrogens (tertiary/aromatic N) is 1. The van der Waals surface area contributed by atoms with Gasteiger partial charge >= 0.3 is 0 Å². The van der Waals surface area contributed by atoms with Crippen LogP contribution in [0.15, 0.2) is 0 Å². The van der Waals surface area contributed by atoms with Crippen molar-refractivity contribution in [2.24, 2.45) is 5.92 Å². The monoisotopic (exact) mass is 255 g/mol. The average Bonchev–Trinajstić information content (AvgIpc) is 2.36. The minimum atomic E-state index is -0.113. The van der Waals surface area contributed by atoms with Crippen molar-refractivity contribution in [2.75, 3.05) is 32.7 Å². The Morgan fingerprint density at radius 2 is 1.83 bits per heavy atom. The Morgan fingerprint density at radius 3 is 2.44 bits per heavy atom. The first-order valence-corrected chi connectivity index (χ1v) is 6.87. The second kappa shape index (κ2) is 8.08. The fraction of sp³-hybridized carbons (Fsp3) is 0.846. The van der Waals surface area contributed by atoms with Gasteiger partial charge in [-0.2, -0.15) is 0 Å². The number of amides is 2. The van der Waals surface area contributed by atoms with Gasteiger partial charge in [0.2, 0.25) is 11.8 Å². The molecule has 104 valence electrons. The number of carbonyl (C=O) groups excluding carboxylic acids is 2. The summed E-state index contributed by atoms with van der Waals surface area (Å²) in [5.41, 5.74) is 0. The highest BCUT2D eigenvalue weighted by molar-refractivity contribution is 5.85. The summed E-state index contributed by atoms with van der Waals surface area (Å²) >= 11 is 0. The summed E-state index contributed by atoms with van der Waals surface area (Å²) in [6.45, 7) is 7.37. The van der Waals surface area contributed by atoms with Crippen LogP contribution in [-0.2, 0) is 9.59 Å². The van der Waals surface area contributed by atoms with E-state index in [0.717, 1.165) is 38.3 Å². The molecule has 1 aliphatic heterocycles. The number of nitrogens with one attached hydrogen (secondary N) is 2. The predicted octanol–water partition coefficient (Wildman–Crippen LogP) is 0.361. The van der Waals surface area contributed by atoms with Crippen molar-refractivity contribution in [3.63, 3.8) is 0 Å². The Hall–Kier alpha value is -1.10. The van der Waals surface area contributed by atoms with Crippen LogP contribution in [0.3, 0.4) is 0 Å². The van der Waals surface area contributed by atoms with Gasteiger partial charge in [0.05, 0.1) is 13.1 Å². The molecule has 0 saturated carbocycles. The van der Waals surface area contributed by atoms with E-state index >= 15 is 0 Å².